The van der Waals surface area contributed by atoms with E-state index in [2.05, 4.69) is 423 Å². The van der Waals surface area contributed by atoms with E-state index < -0.39 is 0 Å². The molecule has 15 aromatic carbocycles. The standard InChI is InChI=1S/C110H95BN4/c1-106(2,3)82-31-23-30-75(60-82)81-43-55-101-96(66-81)111-95-51-48-85(114-97-33-22-21-32-87(97)88-61-76(40-52-98(88)114)70-24-15-12-16-25-70)67-102(95)113(84-46-36-74(37-47-84)80-39-50-92-94(65-80)110(10,11)59-57-108(92,6)7)104-69-86(68-103(105(104)111)112(101)83-44-34-73(35-45-83)79-38-49-91-93(64-79)109(8,9)58-56-107(91,4)5)115-99-53-41-77(71-26-17-13-18-27-71)62-89(99)90-63-78(42-54-100(90)115)72-28-19-14-20-29-72/h12-55,60-69H,56-59H2,1-11H3. The van der Waals surface area contributed by atoms with Crippen molar-refractivity contribution in [1.29, 1.82) is 0 Å². The van der Waals surface area contributed by atoms with Crippen molar-refractivity contribution in [3.05, 3.63) is 355 Å². The van der Waals surface area contributed by atoms with Gasteiger partial charge in [0, 0.05) is 61.4 Å². The third kappa shape index (κ3) is 11.5. The van der Waals surface area contributed by atoms with Crippen LogP contribution in [0.25, 0.3) is 122 Å². The summed E-state index contributed by atoms with van der Waals surface area (Å²) in [5, 5.41) is 4.85. The molecule has 0 radical (unpaired) electrons. The fourth-order valence-corrected chi connectivity index (χ4v) is 20.3. The van der Waals surface area contributed by atoms with Crippen LogP contribution >= 0.6 is 0 Å². The van der Waals surface area contributed by atoms with Gasteiger partial charge in [0.1, 0.15) is 0 Å². The minimum Gasteiger partial charge on any atom is -0.311 e. The van der Waals surface area contributed by atoms with Gasteiger partial charge in [-0.3, -0.25) is 0 Å². The smallest absolute Gasteiger partial charge is 0.252 e. The highest BCUT2D eigenvalue weighted by Crippen LogP contribution is 2.53. The first kappa shape index (κ1) is 70.4. The molecule has 115 heavy (non-hydrogen) atoms. The predicted molar refractivity (Wildman–Crippen MR) is 491 cm³/mol. The van der Waals surface area contributed by atoms with E-state index in [9.17, 15) is 0 Å². The van der Waals surface area contributed by atoms with Gasteiger partial charge < -0.3 is 18.9 Å². The lowest BCUT2D eigenvalue weighted by molar-refractivity contribution is 0.332. The lowest BCUT2D eigenvalue weighted by Gasteiger charge is -2.44. The van der Waals surface area contributed by atoms with Crippen LogP contribution in [0.3, 0.4) is 0 Å². The number of para-hydroxylation sites is 1. The Morgan fingerprint density at radius 3 is 1.10 bits per heavy atom. The van der Waals surface area contributed by atoms with Crippen molar-refractivity contribution in [2.75, 3.05) is 9.80 Å². The summed E-state index contributed by atoms with van der Waals surface area (Å²) in [7, 11) is 0. The summed E-state index contributed by atoms with van der Waals surface area (Å²) in [6, 6.07) is 126. The molecular formula is C110H95BN4. The zero-order chi connectivity index (χ0) is 78.2. The van der Waals surface area contributed by atoms with E-state index in [4.69, 9.17) is 0 Å². The summed E-state index contributed by atoms with van der Waals surface area (Å²) < 4.78 is 5.10. The maximum absolute atomic E-state index is 2.65. The van der Waals surface area contributed by atoms with E-state index in [1.165, 1.54) is 151 Å². The molecular weight excluding hydrogens is 1390 g/mol. The van der Waals surface area contributed by atoms with Gasteiger partial charge in [-0.2, -0.15) is 0 Å². The van der Waals surface area contributed by atoms with Crippen LogP contribution in [0.1, 0.15) is 130 Å². The molecule has 0 fully saturated rings. The summed E-state index contributed by atoms with van der Waals surface area (Å²) in [6.07, 6.45) is 4.67. The summed E-state index contributed by atoms with van der Waals surface area (Å²) >= 11 is 0. The summed E-state index contributed by atoms with van der Waals surface area (Å²) in [6.45, 7) is 26.3. The number of nitrogens with zero attached hydrogens (tertiary/aromatic N) is 4. The molecule has 0 saturated heterocycles. The van der Waals surface area contributed by atoms with Crippen molar-refractivity contribution in [2.45, 2.75) is 129 Å². The topological polar surface area (TPSA) is 16.3 Å². The molecule has 0 N–H and O–H groups in total. The molecule has 5 heteroatoms. The van der Waals surface area contributed by atoms with Crippen LogP contribution in [0.2, 0.25) is 0 Å². The Bertz CT molecular complexity index is 6710. The molecule has 21 rings (SSSR count). The van der Waals surface area contributed by atoms with Crippen molar-refractivity contribution >= 4 is 101 Å². The quantitative estimate of drug-likeness (QED) is 0.127. The predicted octanol–water partition coefficient (Wildman–Crippen LogP) is 28.0. The Kier molecular flexibility index (Phi) is 16.0. The van der Waals surface area contributed by atoms with Crippen LogP contribution in [0.15, 0.2) is 328 Å². The molecule has 0 atom stereocenters. The Balaban J connectivity index is 0.852. The van der Waals surface area contributed by atoms with E-state index >= 15 is 0 Å². The number of hydrogen-bond donors (Lipinski definition) is 0. The normalized spacial score (nSPS) is 15.5. The molecule has 4 aliphatic rings. The van der Waals surface area contributed by atoms with Crippen LogP contribution in [-0.2, 0) is 27.1 Å². The lowest BCUT2D eigenvalue weighted by atomic mass is 9.33. The van der Waals surface area contributed by atoms with Crippen LogP contribution in [0, 0.1) is 0 Å². The van der Waals surface area contributed by atoms with Crippen molar-refractivity contribution in [2.24, 2.45) is 0 Å². The molecule has 4 nitrogen and oxygen atoms in total. The van der Waals surface area contributed by atoms with Crippen LogP contribution < -0.4 is 26.2 Å². The number of benzene rings is 15. The van der Waals surface area contributed by atoms with Gasteiger partial charge in [0.05, 0.1) is 27.8 Å². The average molecular weight is 1480 g/mol. The zero-order valence-electron chi connectivity index (χ0n) is 67.9. The highest BCUT2D eigenvalue weighted by atomic mass is 15.2. The molecule has 0 amide bonds. The largest absolute Gasteiger partial charge is 0.311 e. The van der Waals surface area contributed by atoms with E-state index in [0.29, 0.717) is 0 Å². The zero-order valence-corrected chi connectivity index (χ0v) is 67.9. The first-order valence-corrected chi connectivity index (χ1v) is 41.6. The maximum atomic E-state index is 2.65. The molecule has 4 heterocycles. The third-order valence-electron chi connectivity index (χ3n) is 27.0. The van der Waals surface area contributed by atoms with Gasteiger partial charge in [0.15, 0.2) is 0 Å². The number of anilines is 6. The van der Waals surface area contributed by atoms with Gasteiger partial charge >= 0.3 is 0 Å². The Hall–Kier alpha value is -12.4. The molecule has 0 saturated carbocycles. The average Bonchev–Trinajstić information content (AvgIpc) is 1.54. The van der Waals surface area contributed by atoms with E-state index in [1.54, 1.807) is 0 Å². The number of fused-ring (bicyclic) bond motifs is 12. The molecule has 2 aliphatic carbocycles. The monoisotopic (exact) mass is 1480 g/mol. The van der Waals surface area contributed by atoms with Crippen LogP contribution in [0.4, 0.5) is 34.1 Å². The van der Waals surface area contributed by atoms with Gasteiger partial charge in [-0.25, -0.2) is 0 Å². The van der Waals surface area contributed by atoms with Crippen LogP contribution in [-0.4, -0.2) is 15.8 Å². The lowest BCUT2D eigenvalue weighted by Crippen LogP contribution is -2.61. The Morgan fingerprint density at radius 2 is 0.600 bits per heavy atom. The van der Waals surface area contributed by atoms with Crippen molar-refractivity contribution in [3.63, 3.8) is 0 Å². The van der Waals surface area contributed by atoms with Crippen molar-refractivity contribution in [3.8, 4) is 78.1 Å². The highest BCUT2D eigenvalue weighted by Gasteiger charge is 2.46. The van der Waals surface area contributed by atoms with Crippen molar-refractivity contribution in [1.82, 2.24) is 9.13 Å². The fourth-order valence-electron chi connectivity index (χ4n) is 20.3. The SMILES string of the molecule is CC(C)(C)c1cccc(-c2ccc3c(c2)B2c4ccc(-n5c6ccccc6c6cc(-c7ccccc7)ccc65)cc4N(c4ccc(-c5ccc6c(c5)C(C)(C)CCC6(C)C)cc4)c4cc(-n5c6ccc(-c7ccccc7)cc6c6cc(-c7ccccc7)ccc65)cc(c42)N3c2ccc(-c3ccc4c(c3)C(C)(C)CCC4(C)C)cc2)c1. The Morgan fingerprint density at radius 1 is 0.243 bits per heavy atom. The molecule has 0 bridgehead atoms. The van der Waals surface area contributed by atoms with Gasteiger partial charge in [0.25, 0.3) is 6.71 Å². The molecule has 0 spiro atoms. The number of rotatable bonds is 10. The summed E-state index contributed by atoms with van der Waals surface area (Å²) in [5.41, 5.74) is 39.3. The number of aromatic nitrogens is 2. The first-order valence-electron chi connectivity index (χ1n) is 41.6. The van der Waals surface area contributed by atoms with Gasteiger partial charge in [-0.1, -0.05) is 307 Å². The second kappa shape index (κ2) is 26.1. The second-order valence-corrected chi connectivity index (χ2v) is 37.0. The van der Waals surface area contributed by atoms with Gasteiger partial charge in [-0.15, -0.1) is 0 Å². The number of hydrogen-bond acceptors (Lipinski definition) is 2. The molecule has 558 valence electrons. The highest BCUT2D eigenvalue weighted by molar-refractivity contribution is 7.00. The van der Waals surface area contributed by atoms with E-state index in [-0.39, 0.29) is 33.8 Å². The van der Waals surface area contributed by atoms with E-state index in [1.807, 2.05) is 0 Å². The Labute approximate surface area is 677 Å². The molecule has 2 aromatic heterocycles. The van der Waals surface area contributed by atoms with Gasteiger partial charge in [-0.05, 0) is 261 Å². The maximum Gasteiger partial charge on any atom is 0.252 e. The van der Waals surface area contributed by atoms with Crippen molar-refractivity contribution < 1.29 is 0 Å². The third-order valence-corrected chi connectivity index (χ3v) is 27.0. The fraction of sp³-hybridized carbons (Fsp3) is 0.182. The minimum atomic E-state index is -0.215. The molecule has 0 unspecified atom stereocenters. The minimum absolute atomic E-state index is 0.0494. The molecule has 17 aromatic rings. The van der Waals surface area contributed by atoms with Crippen LogP contribution in [0.5, 0.6) is 0 Å². The summed E-state index contributed by atoms with van der Waals surface area (Å²) in [4.78, 5) is 5.28. The van der Waals surface area contributed by atoms with Gasteiger partial charge in [0.2, 0.25) is 0 Å². The molecule has 2 aliphatic heterocycles. The summed E-state index contributed by atoms with van der Waals surface area (Å²) in [5.74, 6) is 0. The first-order chi connectivity index (χ1) is 55.6. The van der Waals surface area contributed by atoms with E-state index in [0.717, 1.165) is 74.9 Å². The second-order valence-electron chi connectivity index (χ2n) is 37.0.